The lowest BCUT2D eigenvalue weighted by atomic mass is 9.73. The quantitative estimate of drug-likeness (QED) is 0.112. The van der Waals surface area contributed by atoms with Crippen molar-refractivity contribution in [1.82, 2.24) is 4.90 Å². The average Bonchev–Trinajstić information content (AvgIpc) is 3.59. The van der Waals surface area contributed by atoms with Crippen LogP contribution in [-0.4, -0.2) is 47.9 Å². The summed E-state index contributed by atoms with van der Waals surface area (Å²) in [4.78, 5) is 53.1. The van der Waals surface area contributed by atoms with Crippen LogP contribution >= 0.6 is 0 Å². The summed E-state index contributed by atoms with van der Waals surface area (Å²) in [5.74, 6) is -3.74. The molecule has 4 amide bonds. The van der Waals surface area contributed by atoms with Gasteiger partial charge in [0.25, 0.3) is 23.6 Å². The smallest absolute Gasteiger partial charge is 0.417 e. The predicted molar refractivity (Wildman–Crippen MR) is 213 cm³/mol. The molecule has 2 aliphatic rings. The van der Waals surface area contributed by atoms with Crippen LogP contribution in [0, 0.1) is 13.8 Å². The lowest BCUT2D eigenvalue weighted by Gasteiger charge is -2.38. The summed E-state index contributed by atoms with van der Waals surface area (Å²) >= 11 is 0. The van der Waals surface area contributed by atoms with Crippen LogP contribution in [0.3, 0.4) is 0 Å². The van der Waals surface area contributed by atoms with E-state index in [-0.39, 0.29) is 56.5 Å². The third-order valence-electron chi connectivity index (χ3n) is 11.1. The van der Waals surface area contributed by atoms with Crippen LogP contribution in [0.25, 0.3) is 11.1 Å². The summed E-state index contributed by atoms with van der Waals surface area (Å²) in [6.45, 7) is 3.44. The number of carbonyl (C=O) groups excluding carboxylic acids is 4. The summed E-state index contributed by atoms with van der Waals surface area (Å²) < 4.78 is 144. The fourth-order valence-corrected chi connectivity index (χ4v) is 7.98. The largest absolute Gasteiger partial charge is 0.457 e. The number of carbonyl (C=O) groups is 4. The molecule has 0 saturated carbocycles. The van der Waals surface area contributed by atoms with Gasteiger partial charge in [-0.1, -0.05) is 54.1 Å². The molecule has 64 heavy (non-hydrogen) atoms. The van der Waals surface area contributed by atoms with E-state index in [2.05, 4.69) is 0 Å². The number of alkyl halides is 9. The molecule has 0 aliphatic carbocycles. The van der Waals surface area contributed by atoms with Gasteiger partial charge in [-0.3, -0.25) is 24.1 Å². The lowest BCUT2D eigenvalue weighted by Crippen LogP contribution is -2.54. The van der Waals surface area contributed by atoms with Crippen molar-refractivity contribution in [2.45, 2.75) is 37.8 Å². The normalized spacial score (nSPS) is 14.3. The van der Waals surface area contributed by atoms with Crippen molar-refractivity contribution in [3.05, 3.63) is 171 Å². The van der Waals surface area contributed by atoms with Crippen LogP contribution < -0.4 is 14.4 Å². The molecular weight excluding hydrogens is 860 g/mol. The third kappa shape index (κ3) is 7.09. The number of hydrogen-bond donors (Lipinski definition) is 0. The van der Waals surface area contributed by atoms with Crippen molar-refractivity contribution in [3.63, 3.8) is 0 Å². The molecular formula is C47H29F9N2O6. The van der Waals surface area contributed by atoms with Crippen LogP contribution in [-0.2, 0) is 11.6 Å². The van der Waals surface area contributed by atoms with Gasteiger partial charge in [-0.25, -0.2) is 4.90 Å². The first-order chi connectivity index (χ1) is 30.0. The zero-order valence-corrected chi connectivity index (χ0v) is 33.3. The van der Waals surface area contributed by atoms with E-state index in [0.29, 0.717) is 46.4 Å². The molecule has 6 aromatic carbocycles. The number of anilines is 1. The minimum atomic E-state index is -5.95. The van der Waals surface area contributed by atoms with E-state index in [0.717, 1.165) is 46.9 Å². The van der Waals surface area contributed by atoms with E-state index in [1.54, 1.807) is 32.0 Å². The Bertz CT molecular complexity index is 2910. The molecule has 0 saturated heterocycles. The number of rotatable bonds is 8. The summed E-state index contributed by atoms with van der Waals surface area (Å²) in [7, 11) is 1.27. The number of imide groups is 2. The standard InChI is InChI=1S/C47H29F9N2O6/c1-24-4-16-33(25(2)20-24)34-17-9-28(21-39(34)45(48,49)50)58-42(61)36-19-15-32(23-38(36)43(58)62)64-30-12-7-27(8-13-30)44(46(51,52)53,47(54,55)56)26-5-10-29(11-6-26)63-31-14-18-35-37(22-31)41(60)57(3)40(35)59/h4-23H,1-3H3. The van der Waals surface area contributed by atoms with Gasteiger partial charge in [0.1, 0.15) is 23.0 Å². The first-order valence-electron chi connectivity index (χ1n) is 19.0. The molecule has 0 fully saturated rings. The molecule has 2 heterocycles. The van der Waals surface area contributed by atoms with Gasteiger partial charge < -0.3 is 9.47 Å². The van der Waals surface area contributed by atoms with Gasteiger partial charge in [-0.15, -0.1) is 0 Å². The SMILES string of the molecule is Cc1ccc(-c2ccc(N3C(=O)c4ccc(Oc5ccc(C(c6ccc(Oc7ccc8c(c7)C(=O)N(C)C8=O)cc6)(C(F)(F)F)C(F)(F)F)cc5)cc4C3=O)cc2C(F)(F)F)c(C)c1. The van der Waals surface area contributed by atoms with Crippen LogP contribution in [0.2, 0.25) is 0 Å². The van der Waals surface area contributed by atoms with Gasteiger partial charge in [0.05, 0.1) is 33.5 Å². The molecule has 0 bridgehead atoms. The highest BCUT2D eigenvalue weighted by Crippen LogP contribution is 2.56. The van der Waals surface area contributed by atoms with Crippen molar-refractivity contribution >= 4 is 29.3 Å². The third-order valence-corrected chi connectivity index (χ3v) is 11.1. The Hall–Kier alpha value is -7.43. The zero-order valence-electron chi connectivity index (χ0n) is 33.3. The maximum absolute atomic E-state index is 15.0. The Labute approximate surface area is 357 Å². The first kappa shape index (κ1) is 43.2. The molecule has 0 N–H and O–H groups in total. The van der Waals surface area contributed by atoms with Crippen molar-refractivity contribution < 1.29 is 68.2 Å². The van der Waals surface area contributed by atoms with Crippen LogP contribution in [0.4, 0.5) is 45.2 Å². The second-order valence-electron chi connectivity index (χ2n) is 15.1. The molecule has 8 rings (SSSR count). The number of benzene rings is 6. The van der Waals surface area contributed by atoms with E-state index in [1.165, 1.54) is 43.4 Å². The Morgan fingerprint density at radius 3 is 1.34 bits per heavy atom. The average molecular weight is 889 g/mol. The highest BCUT2D eigenvalue weighted by molar-refractivity contribution is 6.34. The second-order valence-corrected chi connectivity index (χ2v) is 15.1. The van der Waals surface area contributed by atoms with E-state index in [1.807, 2.05) is 0 Å². The van der Waals surface area contributed by atoms with Crippen LogP contribution in [0.1, 0.15) is 69.2 Å². The topological polar surface area (TPSA) is 93.2 Å². The van der Waals surface area contributed by atoms with E-state index < -0.39 is 64.3 Å². The summed E-state index contributed by atoms with van der Waals surface area (Å²) in [5.41, 5.74) is -7.30. The Morgan fingerprint density at radius 2 is 0.859 bits per heavy atom. The highest BCUT2D eigenvalue weighted by Gasteiger charge is 2.72. The number of hydrogen-bond acceptors (Lipinski definition) is 6. The number of nitrogens with zero attached hydrogens (tertiary/aromatic N) is 2. The first-order valence-corrected chi connectivity index (χ1v) is 19.0. The van der Waals surface area contributed by atoms with Crippen molar-refractivity contribution in [3.8, 4) is 34.1 Å². The van der Waals surface area contributed by atoms with Crippen molar-refractivity contribution in [1.29, 1.82) is 0 Å². The van der Waals surface area contributed by atoms with Gasteiger partial charge >= 0.3 is 18.5 Å². The van der Waals surface area contributed by atoms with Gasteiger partial charge in [-0.05, 0) is 114 Å². The Kier molecular flexibility index (Phi) is 10.2. The van der Waals surface area contributed by atoms with Crippen molar-refractivity contribution in [2.24, 2.45) is 0 Å². The number of ether oxygens (including phenoxy) is 2. The molecule has 8 nitrogen and oxygen atoms in total. The number of aryl methyl sites for hydroxylation is 2. The van der Waals surface area contributed by atoms with Crippen LogP contribution in [0.15, 0.2) is 121 Å². The Balaban J connectivity index is 1.05. The van der Waals surface area contributed by atoms with Gasteiger partial charge in [-0.2, -0.15) is 39.5 Å². The maximum atomic E-state index is 15.0. The molecule has 0 radical (unpaired) electrons. The van der Waals surface area contributed by atoms with Crippen molar-refractivity contribution in [2.75, 3.05) is 11.9 Å². The minimum absolute atomic E-state index is 0.00527. The maximum Gasteiger partial charge on any atom is 0.417 e. The molecule has 6 aromatic rings. The van der Waals surface area contributed by atoms with Gasteiger partial charge in [0.2, 0.25) is 5.41 Å². The number of amides is 4. The lowest BCUT2D eigenvalue weighted by molar-refractivity contribution is -0.288. The summed E-state index contributed by atoms with van der Waals surface area (Å²) in [6, 6.07) is 21.1. The minimum Gasteiger partial charge on any atom is -0.457 e. The fourth-order valence-electron chi connectivity index (χ4n) is 7.98. The van der Waals surface area contributed by atoms with Crippen LogP contribution in [0.5, 0.6) is 23.0 Å². The van der Waals surface area contributed by atoms with Gasteiger partial charge in [0, 0.05) is 7.05 Å². The molecule has 17 heteroatoms. The zero-order chi connectivity index (χ0) is 46.3. The molecule has 326 valence electrons. The second kappa shape index (κ2) is 15.1. The molecule has 0 atom stereocenters. The Morgan fingerprint density at radius 1 is 0.438 bits per heavy atom. The number of halogens is 9. The predicted octanol–water partition coefficient (Wildman–Crippen LogP) is 12.0. The molecule has 0 spiro atoms. The fraction of sp³-hybridized carbons (Fsp3) is 0.149. The van der Waals surface area contributed by atoms with E-state index in [4.69, 9.17) is 9.47 Å². The van der Waals surface area contributed by atoms with E-state index in [9.17, 15) is 58.7 Å². The monoisotopic (exact) mass is 888 g/mol. The van der Waals surface area contributed by atoms with E-state index >= 15 is 0 Å². The highest BCUT2D eigenvalue weighted by atomic mass is 19.4. The number of fused-ring (bicyclic) bond motifs is 2. The molecule has 0 unspecified atom stereocenters. The van der Waals surface area contributed by atoms with Gasteiger partial charge in [0.15, 0.2) is 0 Å². The summed E-state index contributed by atoms with van der Waals surface area (Å²) in [5, 5.41) is 0. The summed E-state index contributed by atoms with van der Waals surface area (Å²) in [6.07, 6.45) is -16.8. The molecule has 0 aromatic heterocycles. The molecule has 2 aliphatic heterocycles.